The average molecular weight is 457 g/mol. The molecule has 6 nitrogen and oxygen atoms in total. The highest BCUT2D eigenvalue weighted by Crippen LogP contribution is 2.42. The fourth-order valence-corrected chi connectivity index (χ4v) is 4.14. The number of amides is 1. The number of carbonyl (C=O) groups is 2. The Morgan fingerprint density at radius 3 is 2.44 bits per heavy atom. The van der Waals surface area contributed by atoms with Crippen molar-refractivity contribution in [3.8, 4) is 5.75 Å². The second kappa shape index (κ2) is 10.3. The van der Waals surface area contributed by atoms with Crippen molar-refractivity contribution in [3.05, 3.63) is 95.3 Å². The zero-order valence-corrected chi connectivity index (χ0v) is 19.4. The molecule has 1 saturated heterocycles. The summed E-state index contributed by atoms with van der Waals surface area (Å²) in [6.45, 7) is 4.69. The maximum atomic E-state index is 13.2. The van der Waals surface area contributed by atoms with Crippen molar-refractivity contribution in [2.45, 2.75) is 39.2 Å². The van der Waals surface area contributed by atoms with Crippen molar-refractivity contribution >= 4 is 23.1 Å². The maximum absolute atomic E-state index is 13.2. The predicted molar refractivity (Wildman–Crippen MR) is 132 cm³/mol. The molecule has 1 unspecified atom stereocenters. The van der Waals surface area contributed by atoms with Crippen molar-refractivity contribution in [3.63, 3.8) is 0 Å². The van der Waals surface area contributed by atoms with Crippen LogP contribution in [0.2, 0.25) is 0 Å². The minimum Gasteiger partial charge on any atom is -0.507 e. The highest BCUT2D eigenvalue weighted by Gasteiger charge is 2.46. The van der Waals surface area contributed by atoms with Gasteiger partial charge in [-0.25, -0.2) is 0 Å². The molecule has 1 atom stereocenters. The van der Waals surface area contributed by atoms with E-state index in [1.807, 2.05) is 25.1 Å². The van der Waals surface area contributed by atoms with Crippen LogP contribution in [-0.4, -0.2) is 28.4 Å². The van der Waals surface area contributed by atoms with Crippen molar-refractivity contribution in [2.75, 3.05) is 11.5 Å². The fraction of sp³-hybridized carbons (Fsp3) is 0.250. The molecule has 0 aliphatic carbocycles. The quantitative estimate of drug-likeness (QED) is 0.207. The minimum absolute atomic E-state index is 0.0503. The number of anilines is 1. The van der Waals surface area contributed by atoms with Crippen LogP contribution in [0.5, 0.6) is 5.75 Å². The van der Waals surface area contributed by atoms with E-state index in [9.17, 15) is 14.7 Å². The molecule has 1 aliphatic heterocycles. The van der Waals surface area contributed by atoms with Gasteiger partial charge in [0.25, 0.3) is 11.7 Å². The Balaban J connectivity index is 1.74. The number of benzene rings is 2. The number of aromatic nitrogens is 1. The average Bonchev–Trinajstić information content (AvgIpc) is 3.13. The number of aliphatic hydroxyl groups excluding tert-OH is 1. The van der Waals surface area contributed by atoms with E-state index in [1.165, 1.54) is 4.90 Å². The zero-order chi connectivity index (χ0) is 24.1. The number of pyridine rings is 1. The Labute approximate surface area is 199 Å². The number of unbranched alkanes of at least 4 members (excludes halogenated alkanes) is 2. The summed E-state index contributed by atoms with van der Waals surface area (Å²) in [5.41, 5.74) is 2.74. The Morgan fingerprint density at radius 1 is 1.03 bits per heavy atom. The Hall–Kier alpha value is -3.93. The first kappa shape index (κ1) is 23.2. The van der Waals surface area contributed by atoms with E-state index in [0.717, 1.165) is 24.8 Å². The second-order valence-corrected chi connectivity index (χ2v) is 8.37. The lowest BCUT2D eigenvalue weighted by atomic mass is 9.95. The molecule has 1 aromatic heterocycles. The van der Waals surface area contributed by atoms with E-state index < -0.39 is 17.7 Å². The van der Waals surface area contributed by atoms with Gasteiger partial charge in [0.2, 0.25) is 0 Å². The van der Waals surface area contributed by atoms with Gasteiger partial charge < -0.3 is 9.84 Å². The number of nitrogens with zero attached hydrogens (tertiary/aromatic N) is 2. The molecule has 1 fully saturated rings. The second-order valence-electron chi connectivity index (χ2n) is 8.37. The third-order valence-electron chi connectivity index (χ3n) is 5.89. The predicted octanol–water partition coefficient (Wildman–Crippen LogP) is 5.59. The van der Waals surface area contributed by atoms with Gasteiger partial charge in [-0.05, 0) is 73.0 Å². The molecule has 6 heteroatoms. The van der Waals surface area contributed by atoms with Crippen LogP contribution in [0.3, 0.4) is 0 Å². The van der Waals surface area contributed by atoms with Crippen LogP contribution < -0.4 is 9.64 Å². The van der Waals surface area contributed by atoms with Gasteiger partial charge in [0.15, 0.2) is 0 Å². The molecule has 0 spiro atoms. The van der Waals surface area contributed by atoms with Crippen molar-refractivity contribution in [2.24, 2.45) is 0 Å². The highest BCUT2D eigenvalue weighted by atomic mass is 16.5. The van der Waals surface area contributed by atoms with Gasteiger partial charge in [0, 0.05) is 23.6 Å². The normalized spacial score (nSPS) is 17.2. The van der Waals surface area contributed by atoms with Gasteiger partial charge in [-0.2, -0.15) is 0 Å². The number of ether oxygens (including phenoxy) is 1. The number of ketones is 1. The lowest BCUT2D eigenvalue weighted by molar-refractivity contribution is -0.132. The van der Waals surface area contributed by atoms with E-state index in [2.05, 4.69) is 11.9 Å². The SMILES string of the molecule is CCCCCOc1ccc(/C(O)=C2\C(=O)C(=O)N(c3cccc(C)c3)C2c2ccncc2)cc1. The highest BCUT2D eigenvalue weighted by molar-refractivity contribution is 6.51. The lowest BCUT2D eigenvalue weighted by Gasteiger charge is -2.25. The molecule has 0 saturated carbocycles. The van der Waals surface area contributed by atoms with Crippen molar-refractivity contribution in [1.29, 1.82) is 0 Å². The first-order valence-corrected chi connectivity index (χ1v) is 11.5. The molecule has 34 heavy (non-hydrogen) atoms. The molecule has 3 aromatic rings. The number of Topliss-reactive ketones (excluding diaryl/α,β-unsaturated/α-hetero) is 1. The van der Waals surface area contributed by atoms with Gasteiger partial charge in [-0.1, -0.05) is 31.9 Å². The van der Waals surface area contributed by atoms with E-state index in [4.69, 9.17) is 4.74 Å². The number of hydrogen-bond donors (Lipinski definition) is 1. The Bertz CT molecular complexity index is 1200. The third-order valence-corrected chi connectivity index (χ3v) is 5.89. The molecule has 2 aromatic carbocycles. The molecule has 1 N–H and O–H groups in total. The summed E-state index contributed by atoms with van der Waals surface area (Å²) in [5, 5.41) is 11.2. The van der Waals surface area contributed by atoms with Crippen LogP contribution in [-0.2, 0) is 9.59 Å². The summed E-state index contributed by atoms with van der Waals surface area (Å²) in [7, 11) is 0. The van der Waals surface area contributed by atoms with Crippen LogP contribution in [0.4, 0.5) is 5.69 Å². The molecule has 174 valence electrons. The minimum atomic E-state index is -0.769. The summed E-state index contributed by atoms with van der Waals surface area (Å²) < 4.78 is 5.75. The maximum Gasteiger partial charge on any atom is 0.300 e. The standard InChI is InChI=1S/C28H28N2O4/c1-3-4-5-17-34-23-11-9-21(10-12-23)26(31)24-25(20-13-15-29-16-14-20)30(28(33)27(24)32)22-8-6-7-19(2)18-22/h6-16,18,25,31H,3-5,17H2,1-2H3/b26-24+. The van der Waals surface area contributed by atoms with Gasteiger partial charge in [0.05, 0.1) is 18.2 Å². The first-order valence-electron chi connectivity index (χ1n) is 11.5. The molecule has 2 heterocycles. The van der Waals surface area contributed by atoms with Crippen LogP contribution in [0, 0.1) is 6.92 Å². The van der Waals surface area contributed by atoms with E-state index in [1.54, 1.807) is 54.9 Å². The van der Waals surface area contributed by atoms with Crippen LogP contribution in [0.25, 0.3) is 5.76 Å². The molecular weight excluding hydrogens is 428 g/mol. The Kier molecular flexibility index (Phi) is 7.07. The molecule has 0 bridgehead atoms. The van der Waals surface area contributed by atoms with Crippen molar-refractivity contribution < 1.29 is 19.4 Å². The van der Waals surface area contributed by atoms with Gasteiger partial charge >= 0.3 is 0 Å². The molecule has 1 amide bonds. The van der Waals surface area contributed by atoms with Crippen LogP contribution in [0.1, 0.15) is 48.9 Å². The van der Waals surface area contributed by atoms with Gasteiger partial charge in [-0.3, -0.25) is 19.5 Å². The van der Waals surface area contributed by atoms with Crippen LogP contribution in [0.15, 0.2) is 78.6 Å². The largest absolute Gasteiger partial charge is 0.507 e. The number of carbonyl (C=O) groups excluding carboxylic acids is 2. The fourth-order valence-electron chi connectivity index (χ4n) is 4.14. The summed E-state index contributed by atoms with van der Waals surface area (Å²) >= 11 is 0. The molecule has 0 radical (unpaired) electrons. The van der Waals surface area contributed by atoms with E-state index in [0.29, 0.717) is 29.2 Å². The number of hydrogen-bond acceptors (Lipinski definition) is 5. The monoisotopic (exact) mass is 456 g/mol. The summed E-state index contributed by atoms with van der Waals surface area (Å²) in [6, 6.07) is 17.1. The summed E-state index contributed by atoms with van der Waals surface area (Å²) in [6.07, 6.45) is 6.42. The number of rotatable bonds is 8. The van der Waals surface area contributed by atoms with Crippen LogP contribution >= 0.6 is 0 Å². The topological polar surface area (TPSA) is 79.7 Å². The molecule has 4 rings (SSSR count). The van der Waals surface area contributed by atoms with Crippen molar-refractivity contribution in [1.82, 2.24) is 4.98 Å². The van der Waals surface area contributed by atoms with Gasteiger partial charge in [-0.15, -0.1) is 0 Å². The number of aliphatic hydroxyl groups is 1. The summed E-state index contributed by atoms with van der Waals surface area (Å²) in [4.78, 5) is 31.9. The zero-order valence-electron chi connectivity index (χ0n) is 19.4. The molecular formula is C28H28N2O4. The van der Waals surface area contributed by atoms with E-state index in [-0.39, 0.29) is 11.3 Å². The summed E-state index contributed by atoms with van der Waals surface area (Å²) in [5.74, 6) is -0.919. The first-order chi connectivity index (χ1) is 16.5. The van der Waals surface area contributed by atoms with E-state index >= 15 is 0 Å². The Morgan fingerprint density at radius 2 is 1.76 bits per heavy atom. The number of aryl methyl sites for hydroxylation is 1. The smallest absolute Gasteiger partial charge is 0.300 e. The lowest BCUT2D eigenvalue weighted by Crippen LogP contribution is -2.29. The third kappa shape index (κ3) is 4.71. The molecule has 1 aliphatic rings. The van der Waals surface area contributed by atoms with Gasteiger partial charge in [0.1, 0.15) is 11.5 Å².